The van der Waals surface area contributed by atoms with E-state index < -0.39 is 32.2 Å². The molecule has 2 aromatic carbocycles. The predicted octanol–water partition coefficient (Wildman–Crippen LogP) is 4.17. The molecule has 0 N–H and O–H groups in total. The molecule has 0 atom stereocenters. The molecule has 0 saturated heterocycles. The van der Waals surface area contributed by atoms with E-state index in [0.29, 0.717) is 6.07 Å². The number of nitro groups is 1. The predicted molar refractivity (Wildman–Crippen MR) is 81.8 cm³/mol. The lowest BCUT2D eigenvalue weighted by atomic mass is 10.2. The van der Waals surface area contributed by atoms with Gasteiger partial charge in [-0.25, -0.2) is 8.42 Å². The summed E-state index contributed by atoms with van der Waals surface area (Å²) < 4.78 is 61.6. The van der Waals surface area contributed by atoms with Gasteiger partial charge in [0, 0.05) is 17.2 Å². The molecule has 0 aliphatic heterocycles. The molecule has 0 radical (unpaired) electrons. The number of nitrogens with zero attached hydrogens (tertiary/aromatic N) is 1. The summed E-state index contributed by atoms with van der Waals surface area (Å²) in [4.78, 5) is 10.2. The first-order valence-corrected chi connectivity index (χ1v) is 9.03. The number of sulfone groups is 1. The van der Waals surface area contributed by atoms with Crippen LogP contribution in [0.1, 0.15) is 5.56 Å². The molecule has 2 aromatic rings. The standard InChI is InChI=1S/C14H10F3NO4S2/c1-24(21,22)13-5-3-2-4-12(13)23-11-7-6-9(14(15,16)17)8-10(11)18(19)20/h2-8H,1H3. The minimum atomic E-state index is -4.71. The second-order valence-corrected chi connectivity index (χ2v) is 7.83. The normalized spacial score (nSPS) is 12.2. The van der Waals surface area contributed by atoms with Gasteiger partial charge in [-0.3, -0.25) is 10.1 Å². The molecule has 0 bridgehead atoms. The Bertz CT molecular complexity index is 895. The van der Waals surface area contributed by atoms with Gasteiger partial charge in [-0.05, 0) is 24.3 Å². The Hall–Kier alpha value is -2.07. The molecule has 0 aliphatic carbocycles. The highest BCUT2D eigenvalue weighted by molar-refractivity contribution is 8.00. The zero-order chi connectivity index (χ0) is 18.1. The highest BCUT2D eigenvalue weighted by Crippen LogP contribution is 2.40. The van der Waals surface area contributed by atoms with Crippen molar-refractivity contribution in [1.29, 1.82) is 0 Å². The SMILES string of the molecule is CS(=O)(=O)c1ccccc1Sc1ccc(C(F)(F)F)cc1[N+](=O)[O-]. The first-order chi connectivity index (χ1) is 11.0. The van der Waals surface area contributed by atoms with Crippen molar-refractivity contribution in [3.63, 3.8) is 0 Å². The van der Waals surface area contributed by atoms with Crippen LogP contribution in [0.5, 0.6) is 0 Å². The molecule has 0 aromatic heterocycles. The minimum Gasteiger partial charge on any atom is -0.258 e. The first kappa shape index (κ1) is 18.3. The average molecular weight is 377 g/mol. The van der Waals surface area contributed by atoms with Gasteiger partial charge in [-0.1, -0.05) is 23.9 Å². The Kier molecular flexibility index (Phi) is 4.90. The molecule has 24 heavy (non-hydrogen) atoms. The lowest BCUT2D eigenvalue weighted by molar-refractivity contribution is -0.388. The van der Waals surface area contributed by atoms with Crippen LogP contribution >= 0.6 is 11.8 Å². The number of halogens is 3. The van der Waals surface area contributed by atoms with E-state index in [1.54, 1.807) is 0 Å². The van der Waals surface area contributed by atoms with Crippen LogP contribution in [0.3, 0.4) is 0 Å². The van der Waals surface area contributed by atoms with Crippen LogP contribution in [-0.2, 0) is 16.0 Å². The van der Waals surface area contributed by atoms with E-state index in [9.17, 15) is 31.7 Å². The third kappa shape index (κ3) is 4.06. The average Bonchev–Trinajstić information content (AvgIpc) is 2.45. The van der Waals surface area contributed by atoms with Gasteiger partial charge < -0.3 is 0 Å². The maximum Gasteiger partial charge on any atom is 0.416 e. The van der Waals surface area contributed by atoms with Gasteiger partial charge in [0.1, 0.15) is 0 Å². The minimum absolute atomic E-state index is 0.0517. The van der Waals surface area contributed by atoms with Crippen molar-refractivity contribution in [2.45, 2.75) is 20.9 Å². The monoisotopic (exact) mass is 377 g/mol. The first-order valence-electron chi connectivity index (χ1n) is 6.33. The molecule has 128 valence electrons. The fourth-order valence-corrected chi connectivity index (χ4v) is 4.15. The van der Waals surface area contributed by atoms with Gasteiger partial charge >= 0.3 is 6.18 Å². The molecule has 0 spiro atoms. The van der Waals surface area contributed by atoms with E-state index in [1.165, 1.54) is 24.3 Å². The number of hydrogen-bond acceptors (Lipinski definition) is 5. The van der Waals surface area contributed by atoms with Crippen LogP contribution in [0.4, 0.5) is 18.9 Å². The van der Waals surface area contributed by atoms with Crippen LogP contribution in [0, 0.1) is 10.1 Å². The van der Waals surface area contributed by atoms with Gasteiger partial charge in [0.15, 0.2) is 9.84 Å². The Labute approximate surface area is 139 Å². The van der Waals surface area contributed by atoms with Crippen molar-refractivity contribution in [2.75, 3.05) is 6.26 Å². The van der Waals surface area contributed by atoms with E-state index in [1.807, 2.05) is 0 Å². The van der Waals surface area contributed by atoms with E-state index in [2.05, 4.69) is 0 Å². The molecule has 0 saturated carbocycles. The summed E-state index contributed by atoms with van der Waals surface area (Å²) in [5.41, 5.74) is -1.88. The maximum absolute atomic E-state index is 12.7. The molecule has 10 heteroatoms. The number of hydrogen-bond donors (Lipinski definition) is 0. The Morgan fingerprint density at radius 2 is 1.71 bits per heavy atom. The van der Waals surface area contributed by atoms with Crippen molar-refractivity contribution >= 4 is 27.3 Å². The Balaban J connectivity index is 2.54. The van der Waals surface area contributed by atoms with Crippen LogP contribution in [-0.4, -0.2) is 19.6 Å². The number of nitro benzene ring substituents is 1. The van der Waals surface area contributed by atoms with E-state index >= 15 is 0 Å². The largest absolute Gasteiger partial charge is 0.416 e. The van der Waals surface area contributed by atoms with Crippen molar-refractivity contribution in [2.24, 2.45) is 0 Å². The lowest BCUT2D eigenvalue weighted by Gasteiger charge is -2.10. The Morgan fingerprint density at radius 3 is 2.25 bits per heavy atom. The van der Waals surface area contributed by atoms with E-state index in [4.69, 9.17) is 0 Å². The van der Waals surface area contributed by atoms with Crippen LogP contribution in [0.15, 0.2) is 57.2 Å². The van der Waals surface area contributed by atoms with Gasteiger partial charge in [0.2, 0.25) is 0 Å². The number of rotatable bonds is 4. The fourth-order valence-electron chi connectivity index (χ4n) is 1.88. The molecule has 0 aliphatic rings. The fraction of sp³-hybridized carbons (Fsp3) is 0.143. The summed E-state index contributed by atoms with van der Waals surface area (Å²) in [5.74, 6) is 0. The van der Waals surface area contributed by atoms with Gasteiger partial charge in [-0.2, -0.15) is 13.2 Å². The Morgan fingerprint density at radius 1 is 1.08 bits per heavy atom. The van der Waals surface area contributed by atoms with Crippen molar-refractivity contribution in [3.05, 3.63) is 58.1 Å². The van der Waals surface area contributed by atoms with Crippen LogP contribution in [0.25, 0.3) is 0 Å². The zero-order valence-corrected chi connectivity index (χ0v) is 13.7. The summed E-state index contributed by atoms with van der Waals surface area (Å²) >= 11 is 0.727. The third-order valence-electron chi connectivity index (χ3n) is 2.95. The number of benzene rings is 2. The summed E-state index contributed by atoms with van der Waals surface area (Å²) in [6, 6.07) is 7.90. The lowest BCUT2D eigenvalue weighted by Crippen LogP contribution is -2.06. The smallest absolute Gasteiger partial charge is 0.258 e. The van der Waals surface area contributed by atoms with Gasteiger partial charge in [0.05, 0.1) is 20.3 Å². The van der Waals surface area contributed by atoms with Gasteiger partial charge in [0.25, 0.3) is 5.69 Å². The highest BCUT2D eigenvalue weighted by atomic mass is 32.2. The second kappa shape index (κ2) is 6.44. The van der Waals surface area contributed by atoms with Crippen molar-refractivity contribution < 1.29 is 26.5 Å². The van der Waals surface area contributed by atoms with Crippen molar-refractivity contribution in [3.8, 4) is 0 Å². The van der Waals surface area contributed by atoms with Crippen LogP contribution in [0.2, 0.25) is 0 Å². The quantitative estimate of drug-likeness (QED) is 0.590. The summed E-state index contributed by atoms with van der Waals surface area (Å²) in [5, 5.41) is 11.1. The molecule has 0 heterocycles. The zero-order valence-electron chi connectivity index (χ0n) is 12.1. The van der Waals surface area contributed by atoms with E-state index in [0.717, 1.165) is 30.2 Å². The topological polar surface area (TPSA) is 77.3 Å². The summed E-state index contributed by atoms with van der Waals surface area (Å²) in [6.45, 7) is 0. The number of alkyl halides is 3. The van der Waals surface area contributed by atoms with Gasteiger partial charge in [-0.15, -0.1) is 0 Å². The molecule has 2 rings (SSSR count). The molecule has 0 amide bonds. The third-order valence-corrected chi connectivity index (χ3v) is 5.38. The molecular formula is C14H10F3NO4S2. The second-order valence-electron chi connectivity index (χ2n) is 4.76. The highest BCUT2D eigenvalue weighted by Gasteiger charge is 2.33. The maximum atomic E-state index is 12.7. The molecular weight excluding hydrogens is 367 g/mol. The van der Waals surface area contributed by atoms with E-state index in [-0.39, 0.29) is 14.7 Å². The summed E-state index contributed by atoms with van der Waals surface area (Å²) in [7, 11) is -3.59. The molecule has 0 unspecified atom stereocenters. The molecule has 0 fully saturated rings. The summed E-state index contributed by atoms with van der Waals surface area (Å²) in [6.07, 6.45) is -3.73. The molecule has 5 nitrogen and oxygen atoms in total. The van der Waals surface area contributed by atoms with Crippen LogP contribution < -0.4 is 0 Å². The van der Waals surface area contributed by atoms with Crippen molar-refractivity contribution in [1.82, 2.24) is 0 Å².